The molecule has 0 aromatic carbocycles. The van der Waals surface area contributed by atoms with Crippen molar-refractivity contribution in [2.24, 2.45) is 0 Å². The molecule has 0 nitrogen and oxygen atoms in total. The van der Waals surface area contributed by atoms with Crippen molar-refractivity contribution < 1.29 is 0 Å². The molecule has 0 unspecified atom stereocenters. The maximum absolute atomic E-state index is 2.12. The Morgan fingerprint density at radius 3 is 0.0588 bits per heavy atom. The first-order chi connectivity index (χ1) is 50.4. The standard InChI is InChI=1S/C3H8.49C2H6.CH4/c1-3-2;49*1-2;/h3H2,1-2H3;49*1-2H3;1H4. The lowest BCUT2D eigenvalue weighted by Gasteiger charge is -1.48. The highest BCUT2D eigenvalue weighted by atomic mass is 13.4. The lowest BCUT2D eigenvalue weighted by Crippen LogP contribution is -1.27. The lowest BCUT2D eigenvalue weighted by molar-refractivity contribution is 1.09. The van der Waals surface area contributed by atoms with Crippen molar-refractivity contribution in [2.45, 2.75) is 706 Å². The van der Waals surface area contributed by atoms with Gasteiger partial charge in [-0.3, -0.25) is 0 Å². The van der Waals surface area contributed by atoms with Crippen LogP contribution in [0.25, 0.3) is 0 Å². The van der Waals surface area contributed by atoms with E-state index < -0.39 is 0 Å². The van der Waals surface area contributed by atoms with Crippen molar-refractivity contribution in [1.82, 2.24) is 0 Å². The molecule has 0 radical (unpaired) electrons. The fourth-order valence-electron chi connectivity index (χ4n) is 0. The zero-order valence-electron chi connectivity index (χ0n) is 101. The van der Waals surface area contributed by atoms with Crippen LogP contribution in [-0.4, -0.2) is 0 Å². The van der Waals surface area contributed by atoms with Gasteiger partial charge in [0.2, 0.25) is 0 Å². The highest BCUT2D eigenvalue weighted by Crippen LogP contribution is 1.56. The van der Waals surface area contributed by atoms with Gasteiger partial charge in [0.15, 0.2) is 0 Å². The molecule has 0 rings (SSSR count). The van der Waals surface area contributed by atoms with Gasteiger partial charge in [-0.05, 0) is 0 Å². The van der Waals surface area contributed by atoms with Crippen LogP contribution in [0.4, 0.5) is 0 Å². The maximum Gasteiger partial charge on any atom is -0.0590 e. The van der Waals surface area contributed by atoms with Crippen LogP contribution < -0.4 is 0 Å². The zero-order valence-corrected chi connectivity index (χ0v) is 101. The van der Waals surface area contributed by atoms with Crippen LogP contribution in [0.15, 0.2) is 0 Å². The molecule has 0 aliphatic carbocycles. The summed E-state index contributed by atoms with van der Waals surface area (Å²) in [4.78, 5) is 0. The molecule has 0 aromatic rings. The first-order valence-corrected chi connectivity index (χ1v) is 50.4. The molecule has 0 bridgehead atoms. The van der Waals surface area contributed by atoms with E-state index in [0.717, 1.165) is 0 Å². The second-order valence-corrected chi connectivity index (χ2v) is 0.707. The van der Waals surface area contributed by atoms with Crippen LogP contribution in [0.5, 0.6) is 0 Å². The molecule has 0 aromatic heterocycles. The third kappa shape index (κ3) is 0. The summed E-state index contributed by atoms with van der Waals surface area (Å²) in [6.45, 7) is 200. The molecule has 0 fully saturated rings. The third-order valence-corrected chi connectivity index (χ3v) is 0. The van der Waals surface area contributed by atoms with Crippen LogP contribution >= 0.6 is 0 Å². The maximum atomic E-state index is 2.12. The van der Waals surface area contributed by atoms with Crippen LogP contribution in [0, 0.1) is 0 Å². The molecular formula is C102H306. The van der Waals surface area contributed by atoms with Gasteiger partial charge in [-0.15, -0.1) is 0 Å². The molecule has 102 heavy (non-hydrogen) atoms. The molecule has 0 saturated heterocycles. The monoisotopic (exact) mass is 1530 g/mol. The Labute approximate surface area is 702 Å². The Balaban J connectivity index is -0.00000000531. The molecule has 0 N–H and O–H groups in total. The predicted octanol–water partition coefficient (Wildman–Crippen LogP) is 52.3. The fraction of sp³-hybridized carbons (Fsp3) is 1.00. The topological polar surface area (TPSA) is 0 Å². The van der Waals surface area contributed by atoms with Crippen LogP contribution in [0.2, 0.25) is 0 Å². The molecule has 0 heteroatoms. The minimum absolute atomic E-state index is 0. The van der Waals surface area contributed by atoms with E-state index in [1.165, 1.54) is 6.42 Å². The highest BCUT2D eigenvalue weighted by Gasteiger charge is 1.35. The molecule has 714 valence electrons. The van der Waals surface area contributed by atoms with Crippen LogP contribution in [0.3, 0.4) is 0 Å². The van der Waals surface area contributed by atoms with Gasteiger partial charge in [0, 0.05) is 0 Å². The Morgan fingerprint density at radius 1 is 0.0588 bits per heavy atom. The first kappa shape index (κ1) is 400. The summed E-state index contributed by atoms with van der Waals surface area (Å²) >= 11 is 0. The number of hydrogen-bond acceptors (Lipinski definition) is 0. The summed E-state index contributed by atoms with van der Waals surface area (Å²) in [5.41, 5.74) is 0. The van der Waals surface area contributed by atoms with E-state index in [4.69, 9.17) is 0 Å². The van der Waals surface area contributed by atoms with E-state index in [2.05, 4.69) is 13.8 Å². The van der Waals surface area contributed by atoms with Gasteiger partial charge in [-0.1, -0.05) is 706 Å². The van der Waals surface area contributed by atoms with E-state index in [-0.39, 0.29) is 7.43 Å². The second kappa shape index (κ2) is 1010000. The molecule has 0 atom stereocenters. The predicted molar refractivity (Wildman–Crippen MR) is 579 cm³/mol. The normalized spacial score (nSPS) is 3.06. The highest BCUT2D eigenvalue weighted by molar-refractivity contribution is 3.92. The largest absolute Gasteiger partial charge is 0.0776 e. The Bertz CT molecular complexity index is 0. The molecule has 0 spiro atoms. The van der Waals surface area contributed by atoms with Crippen molar-refractivity contribution in [3.63, 3.8) is 0 Å². The summed E-state index contributed by atoms with van der Waals surface area (Å²) in [5, 5.41) is 0. The number of rotatable bonds is 0. The van der Waals surface area contributed by atoms with Gasteiger partial charge < -0.3 is 0 Å². The Hall–Kier alpha value is 0. The van der Waals surface area contributed by atoms with Gasteiger partial charge in [-0.2, -0.15) is 0 Å². The van der Waals surface area contributed by atoms with Crippen molar-refractivity contribution in [2.75, 3.05) is 0 Å². The first-order valence-electron chi connectivity index (χ1n) is 50.4. The summed E-state index contributed by atoms with van der Waals surface area (Å²) < 4.78 is 0. The van der Waals surface area contributed by atoms with Gasteiger partial charge in [-0.25, -0.2) is 0 Å². The molecule has 0 saturated carbocycles. The summed E-state index contributed by atoms with van der Waals surface area (Å²) in [6.07, 6.45) is 1.25. The zero-order chi connectivity index (χ0) is 101. The molecule has 0 aliphatic rings. The van der Waals surface area contributed by atoms with E-state index in [1.807, 2.05) is 679 Å². The minimum atomic E-state index is 0. The van der Waals surface area contributed by atoms with Crippen molar-refractivity contribution in [3.05, 3.63) is 0 Å². The molecular weight excluding hydrogens is 1230 g/mol. The van der Waals surface area contributed by atoms with Gasteiger partial charge in [0.05, 0.1) is 0 Å². The quantitative estimate of drug-likeness (QED) is 0.227. The average molecular weight is 1530 g/mol. The van der Waals surface area contributed by atoms with Crippen LogP contribution in [0.1, 0.15) is 706 Å². The van der Waals surface area contributed by atoms with E-state index >= 15 is 0 Å². The second-order valence-electron chi connectivity index (χ2n) is 0.707. The fourth-order valence-corrected chi connectivity index (χ4v) is 0. The third-order valence-electron chi connectivity index (χ3n) is 0. The van der Waals surface area contributed by atoms with Gasteiger partial charge >= 0.3 is 0 Å². The van der Waals surface area contributed by atoms with E-state index in [0.29, 0.717) is 0 Å². The van der Waals surface area contributed by atoms with E-state index in [9.17, 15) is 0 Å². The van der Waals surface area contributed by atoms with E-state index in [1.54, 1.807) is 0 Å². The summed E-state index contributed by atoms with van der Waals surface area (Å²) in [6, 6.07) is 0. The summed E-state index contributed by atoms with van der Waals surface area (Å²) in [7, 11) is 0. The van der Waals surface area contributed by atoms with Crippen molar-refractivity contribution in [3.8, 4) is 0 Å². The Kier molecular flexibility index (Phi) is 3960000. The van der Waals surface area contributed by atoms with Crippen LogP contribution in [-0.2, 0) is 0 Å². The SMILES string of the molecule is C.CC.CC.CC.CC.CC.CC.CC.CC.CC.CC.CC.CC.CC.CC.CC.CC.CC.CC.CC.CC.CC.CC.CC.CC.CC.CC.CC.CC.CC.CC.CC.CC.CC.CC.CC.CC.CC.CC.CC.CC.CC.CC.CC.CC.CC.CC.CC.CC.CC.CCC. The molecule has 0 aliphatic heterocycles. The molecule has 0 amide bonds. The summed E-state index contributed by atoms with van der Waals surface area (Å²) in [5.74, 6) is 0. The smallest absolute Gasteiger partial charge is 0.0590 e. The van der Waals surface area contributed by atoms with Crippen molar-refractivity contribution >= 4 is 0 Å². The van der Waals surface area contributed by atoms with Gasteiger partial charge in [0.25, 0.3) is 0 Å². The van der Waals surface area contributed by atoms with Gasteiger partial charge in [0.1, 0.15) is 0 Å². The minimum Gasteiger partial charge on any atom is -0.0776 e. The van der Waals surface area contributed by atoms with Crippen molar-refractivity contribution in [1.29, 1.82) is 0 Å². The Morgan fingerprint density at radius 2 is 0.0588 bits per heavy atom. The average Bonchev–Trinajstić information content (AvgIpc) is 3.87. The number of hydrogen-bond donors (Lipinski definition) is 0. The lowest BCUT2D eigenvalue weighted by atomic mass is 10.6. The molecule has 0 heterocycles.